The van der Waals surface area contributed by atoms with E-state index in [-0.39, 0.29) is 0 Å². The SMILES string of the molecule is CN=C(N=C(C)N)Nc1cc(Cl)cc(Cl)c1. The highest BCUT2D eigenvalue weighted by molar-refractivity contribution is 6.35. The van der Waals surface area contributed by atoms with Crippen molar-refractivity contribution in [3.63, 3.8) is 0 Å². The summed E-state index contributed by atoms with van der Waals surface area (Å²) in [6.45, 7) is 1.68. The molecule has 16 heavy (non-hydrogen) atoms. The fourth-order valence-electron chi connectivity index (χ4n) is 1.06. The van der Waals surface area contributed by atoms with Crippen LogP contribution in [-0.4, -0.2) is 18.8 Å². The molecule has 0 saturated heterocycles. The third-order valence-corrected chi connectivity index (χ3v) is 2.05. The van der Waals surface area contributed by atoms with Gasteiger partial charge in [0, 0.05) is 22.8 Å². The number of anilines is 1. The fourth-order valence-corrected chi connectivity index (χ4v) is 1.58. The van der Waals surface area contributed by atoms with Crippen LogP contribution in [-0.2, 0) is 0 Å². The van der Waals surface area contributed by atoms with Crippen molar-refractivity contribution in [2.75, 3.05) is 12.4 Å². The van der Waals surface area contributed by atoms with E-state index in [2.05, 4.69) is 15.3 Å². The molecule has 86 valence electrons. The van der Waals surface area contributed by atoms with Crippen LogP contribution in [0.25, 0.3) is 0 Å². The van der Waals surface area contributed by atoms with Crippen molar-refractivity contribution >= 4 is 40.7 Å². The molecule has 0 radical (unpaired) electrons. The van der Waals surface area contributed by atoms with Gasteiger partial charge in [-0.1, -0.05) is 23.2 Å². The summed E-state index contributed by atoms with van der Waals surface area (Å²) in [5, 5.41) is 4.04. The molecule has 0 heterocycles. The average molecular weight is 259 g/mol. The van der Waals surface area contributed by atoms with Gasteiger partial charge in [-0.15, -0.1) is 0 Å². The van der Waals surface area contributed by atoms with Gasteiger partial charge in [-0.3, -0.25) is 4.99 Å². The van der Waals surface area contributed by atoms with Gasteiger partial charge in [0.05, 0.1) is 5.84 Å². The van der Waals surface area contributed by atoms with Crippen molar-refractivity contribution in [1.29, 1.82) is 0 Å². The number of rotatable bonds is 1. The second-order valence-corrected chi connectivity index (χ2v) is 3.96. The molecular weight excluding hydrogens is 247 g/mol. The maximum absolute atomic E-state index is 5.86. The lowest BCUT2D eigenvalue weighted by molar-refractivity contribution is 1.36. The normalized spacial score (nSPS) is 12.8. The van der Waals surface area contributed by atoms with E-state index in [1.807, 2.05) is 0 Å². The summed E-state index contributed by atoms with van der Waals surface area (Å²) in [5.41, 5.74) is 6.17. The molecule has 1 aromatic rings. The lowest BCUT2D eigenvalue weighted by Crippen LogP contribution is -2.15. The summed E-state index contributed by atoms with van der Waals surface area (Å²) in [6, 6.07) is 5.09. The van der Waals surface area contributed by atoms with Gasteiger partial charge in [-0.05, 0) is 25.1 Å². The standard InChI is InChI=1S/C10H12Cl2N4/c1-6(13)15-10(14-2)16-9-4-7(11)3-8(12)5-9/h3-5H,1-2H3,(H3,13,14,15,16). The van der Waals surface area contributed by atoms with Crippen molar-refractivity contribution < 1.29 is 0 Å². The molecular formula is C10H12Cl2N4. The van der Waals surface area contributed by atoms with Crippen LogP contribution in [0.1, 0.15) is 6.92 Å². The number of nitrogens with zero attached hydrogens (tertiary/aromatic N) is 2. The number of aliphatic imine (C=N–C) groups is 2. The first-order chi connectivity index (χ1) is 7.51. The minimum absolute atomic E-state index is 0.401. The lowest BCUT2D eigenvalue weighted by Gasteiger charge is -2.06. The van der Waals surface area contributed by atoms with Crippen LogP contribution in [0, 0.1) is 0 Å². The molecule has 0 bridgehead atoms. The van der Waals surface area contributed by atoms with E-state index in [1.54, 1.807) is 32.2 Å². The van der Waals surface area contributed by atoms with Crippen molar-refractivity contribution in [2.45, 2.75) is 6.92 Å². The van der Waals surface area contributed by atoms with Gasteiger partial charge in [0.1, 0.15) is 0 Å². The Morgan fingerprint density at radius 3 is 2.25 bits per heavy atom. The van der Waals surface area contributed by atoms with Gasteiger partial charge in [0.15, 0.2) is 0 Å². The van der Waals surface area contributed by atoms with Crippen LogP contribution < -0.4 is 11.1 Å². The van der Waals surface area contributed by atoms with Crippen LogP contribution in [0.2, 0.25) is 10.0 Å². The average Bonchev–Trinajstić information content (AvgIpc) is 2.14. The number of hydrogen-bond acceptors (Lipinski definition) is 1. The van der Waals surface area contributed by atoms with E-state index in [1.165, 1.54) is 0 Å². The van der Waals surface area contributed by atoms with Crippen LogP contribution in [0.15, 0.2) is 28.2 Å². The molecule has 0 aromatic heterocycles. The number of hydrogen-bond donors (Lipinski definition) is 2. The maximum Gasteiger partial charge on any atom is 0.223 e. The van der Waals surface area contributed by atoms with Gasteiger partial charge in [-0.2, -0.15) is 0 Å². The predicted molar refractivity (Wildman–Crippen MR) is 70.7 cm³/mol. The summed E-state index contributed by atoms with van der Waals surface area (Å²) < 4.78 is 0. The van der Waals surface area contributed by atoms with Crippen molar-refractivity contribution in [2.24, 2.45) is 15.7 Å². The highest BCUT2D eigenvalue weighted by Crippen LogP contribution is 2.22. The van der Waals surface area contributed by atoms with E-state index >= 15 is 0 Å². The highest BCUT2D eigenvalue weighted by Gasteiger charge is 2.01. The molecule has 6 heteroatoms. The van der Waals surface area contributed by atoms with E-state index in [0.717, 1.165) is 0 Å². The minimum Gasteiger partial charge on any atom is -0.387 e. The summed E-state index contributed by atoms with van der Waals surface area (Å²) in [7, 11) is 1.61. The zero-order valence-electron chi connectivity index (χ0n) is 8.96. The number of halogens is 2. The molecule has 4 nitrogen and oxygen atoms in total. The molecule has 3 N–H and O–H groups in total. The highest BCUT2D eigenvalue weighted by atomic mass is 35.5. The summed E-state index contributed by atoms with van der Waals surface area (Å²) in [4.78, 5) is 7.93. The number of benzene rings is 1. The molecule has 1 aromatic carbocycles. The quantitative estimate of drug-likeness (QED) is 0.601. The van der Waals surface area contributed by atoms with E-state index in [9.17, 15) is 0 Å². The molecule has 0 spiro atoms. The first kappa shape index (κ1) is 12.8. The molecule has 0 atom stereocenters. The third-order valence-electron chi connectivity index (χ3n) is 1.61. The van der Waals surface area contributed by atoms with Crippen LogP contribution in [0.5, 0.6) is 0 Å². The van der Waals surface area contributed by atoms with Crippen molar-refractivity contribution in [3.05, 3.63) is 28.2 Å². The number of nitrogens with one attached hydrogen (secondary N) is 1. The van der Waals surface area contributed by atoms with E-state index < -0.39 is 0 Å². The Morgan fingerprint density at radius 1 is 1.25 bits per heavy atom. The topological polar surface area (TPSA) is 62.8 Å². The Balaban J connectivity index is 2.91. The second kappa shape index (κ2) is 5.72. The van der Waals surface area contributed by atoms with Gasteiger partial charge >= 0.3 is 0 Å². The third kappa shape index (κ3) is 4.08. The maximum atomic E-state index is 5.86. The van der Waals surface area contributed by atoms with Gasteiger partial charge in [-0.25, -0.2) is 4.99 Å². The molecule has 0 amide bonds. The van der Waals surface area contributed by atoms with Crippen LogP contribution in [0.3, 0.4) is 0 Å². The molecule has 1 rings (SSSR count). The first-order valence-corrected chi connectivity index (χ1v) is 5.27. The Labute approximate surface area is 104 Å². The molecule has 0 aliphatic heterocycles. The molecule has 0 aliphatic carbocycles. The number of amidine groups is 1. The smallest absolute Gasteiger partial charge is 0.223 e. The summed E-state index contributed by atoms with van der Waals surface area (Å²) in [6.07, 6.45) is 0. The Hall–Kier alpha value is -1.26. The zero-order valence-corrected chi connectivity index (χ0v) is 10.5. The monoisotopic (exact) mass is 258 g/mol. The van der Waals surface area contributed by atoms with E-state index in [4.69, 9.17) is 28.9 Å². The van der Waals surface area contributed by atoms with Gasteiger partial charge < -0.3 is 11.1 Å². The summed E-state index contributed by atoms with van der Waals surface area (Å²) >= 11 is 11.7. The molecule has 0 aliphatic rings. The predicted octanol–water partition coefficient (Wildman–Crippen LogP) is 2.77. The molecule has 0 unspecified atom stereocenters. The minimum atomic E-state index is 0.401. The number of nitrogens with two attached hydrogens (primary N) is 1. The number of guanidine groups is 1. The first-order valence-electron chi connectivity index (χ1n) is 4.52. The summed E-state index contributed by atoms with van der Waals surface area (Å²) in [5.74, 6) is 0.819. The Morgan fingerprint density at radius 2 is 1.81 bits per heavy atom. The molecule has 0 fully saturated rings. The van der Waals surface area contributed by atoms with Crippen molar-refractivity contribution in [1.82, 2.24) is 0 Å². The fraction of sp³-hybridized carbons (Fsp3) is 0.200. The zero-order chi connectivity index (χ0) is 12.1. The largest absolute Gasteiger partial charge is 0.387 e. The van der Waals surface area contributed by atoms with Gasteiger partial charge in [0.25, 0.3) is 0 Å². The van der Waals surface area contributed by atoms with Crippen LogP contribution >= 0.6 is 23.2 Å². The Kier molecular flexibility index (Phi) is 4.58. The van der Waals surface area contributed by atoms with Crippen molar-refractivity contribution in [3.8, 4) is 0 Å². The van der Waals surface area contributed by atoms with Gasteiger partial charge in [0.2, 0.25) is 5.96 Å². The van der Waals surface area contributed by atoms with Crippen LogP contribution in [0.4, 0.5) is 5.69 Å². The van der Waals surface area contributed by atoms with E-state index in [0.29, 0.717) is 27.5 Å². The second-order valence-electron chi connectivity index (χ2n) is 3.08. The lowest BCUT2D eigenvalue weighted by atomic mass is 10.3. The molecule has 0 saturated carbocycles. The Bertz CT molecular complexity index is 416.